The monoisotopic (exact) mass is 285 g/mol. The average molecular weight is 285 g/mol. The van der Waals surface area contributed by atoms with E-state index in [-0.39, 0.29) is 17.5 Å². The highest BCUT2D eigenvalue weighted by atomic mass is 19.1. The van der Waals surface area contributed by atoms with Gasteiger partial charge in [0.05, 0.1) is 11.3 Å². The molecular formula is C16H13F2N3. The summed E-state index contributed by atoms with van der Waals surface area (Å²) in [4.78, 5) is 0. The molecule has 0 radical (unpaired) electrons. The maximum atomic E-state index is 14.0. The minimum atomic E-state index is -0.383. The van der Waals surface area contributed by atoms with Crippen LogP contribution in [0.25, 0.3) is 22.4 Å². The molecule has 106 valence electrons. The summed E-state index contributed by atoms with van der Waals surface area (Å²) in [6.45, 7) is 1.78. The zero-order chi connectivity index (χ0) is 15.0. The number of benzene rings is 2. The van der Waals surface area contributed by atoms with Gasteiger partial charge in [0.15, 0.2) is 5.82 Å². The van der Waals surface area contributed by atoms with Gasteiger partial charge in [0.1, 0.15) is 11.6 Å². The summed E-state index contributed by atoms with van der Waals surface area (Å²) in [7, 11) is 0. The van der Waals surface area contributed by atoms with Crippen molar-refractivity contribution < 1.29 is 8.78 Å². The van der Waals surface area contributed by atoms with Crippen LogP contribution in [0.1, 0.15) is 5.56 Å². The summed E-state index contributed by atoms with van der Waals surface area (Å²) >= 11 is 0. The lowest BCUT2D eigenvalue weighted by atomic mass is 9.97. The normalized spacial score (nSPS) is 10.8. The van der Waals surface area contributed by atoms with Crippen molar-refractivity contribution in [1.29, 1.82) is 0 Å². The SMILES string of the molecule is Cc1cc(F)ccc1-c1[nH]nc(N)c1-c1ccccc1F. The highest BCUT2D eigenvalue weighted by Crippen LogP contribution is 2.37. The van der Waals surface area contributed by atoms with Gasteiger partial charge >= 0.3 is 0 Å². The Hall–Kier alpha value is -2.69. The standard InChI is InChI=1S/C16H13F2N3/c1-9-8-10(17)6-7-11(9)15-14(16(19)21-20-15)12-4-2-3-5-13(12)18/h2-8H,1H3,(H3,19,20,21). The van der Waals surface area contributed by atoms with Crippen LogP contribution >= 0.6 is 0 Å². The zero-order valence-corrected chi connectivity index (χ0v) is 11.3. The average Bonchev–Trinajstić information content (AvgIpc) is 2.81. The van der Waals surface area contributed by atoms with Crippen LogP contribution in [0.4, 0.5) is 14.6 Å². The molecule has 0 amide bonds. The van der Waals surface area contributed by atoms with Gasteiger partial charge in [-0.2, -0.15) is 5.10 Å². The molecule has 0 atom stereocenters. The van der Waals surface area contributed by atoms with Crippen LogP contribution in [0.3, 0.4) is 0 Å². The molecule has 5 heteroatoms. The summed E-state index contributed by atoms with van der Waals surface area (Å²) in [5.41, 5.74) is 8.76. The second kappa shape index (κ2) is 5.01. The van der Waals surface area contributed by atoms with E-state index < -0.39 is 0 Å². The number of nitrogen functional groups attached to an aromatic ring is 1. The third kappa shape index (κ3) is 2.27. The Morgan fingerprint density at radius 3 is 2.52 bits per heavy atom. The maximum absolute atomic E-state index is 14.0. The molecular weight excluding hydrogens is 272 g/mol. The summed E-state index contributed by atoms with van der Waals surface area (Å²) in [6.07, 6.45) is 0. The Labute approximate surface area is 120 Å². The molecule has 0 fully saturated rings. The number of hydrogen-bond donors (Lipinski definition) is 2. The van der Waals surface area contributed by atoms with Crippen LogP contribution in [0.2, 0.25) is 0 Å². The molecule has 1 heterocycles. The minimum Gasteiger partial charge on any atom is -0.382 e. The molecule has 0 spiro atoms. The van der Waals surface area contributed by atoms with E-state index in [1.807, 2.05) is 0 Å². The van der Waals surface area contributed by atoms with Gasteiger partial charge in [-0.3, -0.25) is 5.10 Å². The van der Waals surface area contributed by atoms with Crippen LogP contribution < -0.4 is 5.73 Å². The Morgan fingerprint density at radius 2 is 1.81 bits per heavy atom. The molecule has 3 rings (SSSR count). The van der Waals surface area contributed by atoms with Crippen molar-refractivity contribution in [2.24, 2.45) is 0 Å². The summed E-state index contributed by atoms with van der Waals surface area (Å²) in [5.74, 6) is -0.499. The van der Waals surface area contributed by atoms with Gasteiger partial charge < -0.3 is 5.73 Å². The highest BCUT2D eigenvalue weighted by Gasteiger charge is 2.18. The lowest BCUT2D eigenvalue weighted by molar-refractivity contribution is 0.626. The van der Waals surface area contributed by atoms with Crippen molar-refractivity contribution in [2.45, 2.75) is 6.92 Å². The first-order valence-corrected chi connectivity index (χ1v) is 6.43. The Morgan fingerprint density at radius 1 is 1.05 bits per heavy atom. The predicted octanol–water partition coefficient (Wildman–Crippen LogP) is 3.91. The van der Waals surface area contributed by atoms with Gasteiger partial charge in [0.25, 0.3) is 0 Å². The van der Waals surface area contributed by atoms with E-state index >= 15 is 0 Å². The molecule has 0 bridgehead atoms. The number of rotatable bonds is 2. The molecule has 3 nitrogen and oxygen atoms in total. The van der Waals surface area contributed by atoms with Gasteiger partial charge in [0.2, 0.25) is 0 Å². The van der Waals surface area contributed by atoms with Crippen LogP contribution in [0, 0.1) is 18.6 Å². The molecule has 0 aliphatic carbocycles. The number of halogens is 2. The van der Waals surface area contributed by atoms with E-state index in [0.717, 1.165) is 11.1 Å². The Kier molecular flexibility index (Phi) is 3.17. The van der Waals surface area contributed by atoms with Gasteiger partial charge in [-0.1, -0.05) is 18.2 Å². The molecule has 0 aliphatic rings. The van der Waals surface area contributed by atoms with E-state index in [0.29, 0.717) is 16.8 Å². The smallest absolute Gasteiger partial charge is 0.153 e. The minimum absolute atomic E-state index is 0.207. The van der Waals surface area contributed by atoms with Crippen LogP contribution in [0.5, 0.6) is 0 Å². The number of H-pyrrole nitrogens is 1. The lowest BCUT2D eigenvalue weighted by Gasteiger charge is -2.08. The highest BCUT2D eigenvalue weighted by molar-refractivity contribution is 5.88. The van der Waals surface area contributed by atoms with Crippen molar-refractivity contribution in [1.82, 2.24) is 10.2 Å². The zero-order valence-electron chi connectivity index (χ0n) is 11.3. The largest absolute Gasteiger partial charge is 0.382 e. The molecule has 1 aromatic heterocycles. The second-order valence-corrected chi connectivity index (χ2v) is 4.80. The number of aromatic amines is 1. The fraction of sp³-hybridized carbons (Fsp3) is 0.0625. The maximum Gasteiger partial charge on any atom is 0.153 e. The first-order valence-electron chi connectivity index (χ1n) is 6.43. The van der Waals surface area contributed by atoms with Gasteiger partial charge in [-0.15, -0.1) is 0 Å². The first-order chi connectivity index (χ1) is 10.1. The third-order valence-corrected chi connectivity index (χ3v) is 3.40. The molecule has 2 aromatic carbocycles. The number of nitrogens with one attached hydrogen (secondary N) is 1. The third-order valence-electron chi connectivity index (χ3n) is 3.40. The van der Waals surface area contributed by atoms with Crippen molar-refractivity contribution in [3.8, 4) is 22.4 Å². The number of aryl methyl sites for hydroxylation is 1. The van der Waals surface area contributed by atoms with E-state index in [2.05, 4.69) is 10.2 Å². The molecule has 0 saturated carbocycles. The number of nitrogens with two attached hydrogens (primary N) is 1. The molecule has 21 heavy (non-hydrogen) atoms. The Balaban J connectivity index is 2.25. The quantitative estimate of drug-likeness (QED) is 0.750. The topological polar surface area (TPSA) is 54.7 Å². The van der Waals surface area contributed by atoms with Crippen LogP contribution in [-0.2, 0) is 0 Å². The molecule has 0 unspecified atom stereocenters. The van der Waals surface area contributed by atoms with Gasteiger partial charge in [0, 0.05) is 11.1 Å². The first kappa shape index (κ1) is 13.3. The van der Waals surface area contributed by atoms with Crippen LogP contribution in [-0.4, -0.2) is 10.2 Å². The molecule has 3 aromatic rings. The predicted molar refractivity (Wildman–Crippen MR) is 78.5 cm³/mol. The summed E-state index contributed by atoms with van der Waals surface area (Å²) in [6, 6.07) is 10.7. The van der Waals surface area contributed by atoms with Gasteiger partial charge in [-0.25, -0.2) is 8.78 Å². The van der Waals surface area contributed by atoms with Crippen molar-refractivity contribution >= 4 is 5.82 Å². The van der Waals surface area contributed by atoms with Crippen molar-refractivity contribution in [3.05, 3.63) is 59.7 Å². The van der Waals surface area contributed by atoms with E-state index in [1.54, 1.807) is 31.2 Å². The molecule has 0 aliphatic heterocycles. The van der Waals surface area contributed by atoms with Crippen molar-refractivity contribution in [3.63, 3.8) is 0 Å². The Bertz CT molecular complexity index is 809. The number of nitrogens with zero attached hydrogens (tertiary/aromatic N) is 1. The van der Waals surface area contributed by atoms with E-state index in [9.17, 15) is 8.78 Å². The van der Waals surface area contributed by atoms with Gasteiger partial charge in [-0.05, 0) is 36.8 Å². The van der Waals surface area contributed by atoms with Crippen molar-refractivity contribution in [2.75, 3.05) is 5.73 Å². The van der Waals surface area contributed by atoms with E-state index in [1.165, 1.54) is 18.2 Å². The number of anilines is 1. The summed E-state index contributed by atoms with van der Waals surface area (Å²) < 4.78 is 27.3. The second-order valence-electron chi connectivity index (χ2n) is 4.80. The fourth-order valence-electron chi connectivity index (χ4n) is 2.40. The lowest BCUT2D eigenvalue weighted by Crippen LogP contribution is -1.92. The number of hydrogen-bond acceptors (Lipinski definition) is 2. The molecule has 0 saturated heterocycles. The van der Waals surface area contributed by atoms with Crippen LogP contribution in [0.15, 0.2) is 42.5 Å². The van der Waals surface area contributed by atoms with E-state index in [4.69, 9.17) is 5.73 Å². The molecule has 3 N–H and O–H groups in total. The number of aromatic nitrogens is 2. The fourth-order valence-corrected chi connectivity index (χ4v) is 2.40. The summed E-state index contributed by atoms with van der Waals surface area (Å²) in [5, 5.41) is 6.78.